The number of thioether (sulfide) groups is 1. The predicted octanol–water partition coefficient (Wildman–Crippen LogP) is 7.02. The third-order valence-electron chi connectivity index (χ3n) is 5.61. The first-order valence-electron chi connectivity index (χ1n) is 12.9. The molecule has 0 radical (unpaired) electrons. The van der Waals surface area contributed by atoms with E-state index in [9.17, 15) is 4.79 Å². The fourth-order valence-electron chi connectivity index (χ4n) is 3.71. The molecule has 3 aromatic carbocycles. The van der Waals surface area contributed by atoms with Crippen LogP contribution in [-0.4, -0.2) is 34.9 Å². The van der Waals surface area contributed by atoms with E-state index < -0.39 is 5.97 Å². The molecule has 2 N–H and O–H groups in total. The summed E-state index contributed by atoms with van der Waals surface area (Å²) < 4.78 is 7.25. The van der Waals surface area contributed by atoms with Gasteiger partial charge < -0.3 is 15.4 Å². The molecule has 0 amide bonds. The van der Waals surface area contributed by atoms with Gasteiger partial charge in [0.25, 0.3) is 0 Å². The molecule has 0 bridgehead atoms. The lowest BCUT2D eigenvalue weighted by molar-refractivity contribution is 0.0523. The van der Waals surface area contributed by atoms with Crippen LogP contribution in [0, 0.1) is 0 Å². The Hall–Kier alpha value is -4.04. The highest BCUT2D eigenvalue weighted by Crippen LogP contribution is 2.33. The Bertz CT molecular complexity index is 1330. The van der Waals surface area contributed by atoms with Gasteiger partial charge in [0.05, 0.1) is 12.3 Å². The van der Waals surface area contributed by atoms with Crippen molar-refractivity contribution in [3.05, 3.63) is 102 Å². The number of nitrogens with one attached hydrogen (secondary N) is 2. The number of ether oxygens (including phenoxy) is 1. The number of guanidine groups is 1. The zero-order valence-electron chi connectivity index (χ0n) is 21.8. The fourth-order valence-corrected chi connectivity index (χ4v) is 4.67. The monoisotopic (exact) mass is 527 g/mol. The van der Waals surface area contributed by atoms with Crippen LogP contribution in [0.1, 0.15) is 42.6 Å². The van der Waals surface area contributed by atoms with Gasteiger partial charge in [-0.25, -0.2) is 9.48 Å². The van der Waals surface area contributed by atoms with E-state index in [1.165, 1.54) is 11.8 Å². The molecule has 7 nitrogen and oxygen atoms in total. The van der Waals surface area contributed by atoms with Crippen LogP contribution in [0.5, 0.6) is 0 Å². The molecular weight excluding hydrogens is 494 g/mol. The van der Waals surface area contributed by atoms with E-state index in [2.05, 4.69) is 29.7 Å². The van der Waals surface area contributed by atoms with E-state index in [1.54, 1.807) is 11.6 Å². The highest BCUT2D eigenvalue weighted by atomic mass is 32.2. The lowest BCUT2D eigenvalue weighted by Gasteiger charge is -2.15. The van der Waals surface area contributed by atoms with Crippen molar-refractivity contribution in [2.75, 3.05) is 23.8 Å². The summed E-state index contributed by atoms with van der Waals surface area (Å²) in [5, 5.41) is 12.3. The Kier molecular flexibility index (Phi) is 9.98. The number of benzene rings is 3. The van der Waals surface area contributed by atoms with Crippen LogP contribution in [0.3, 0.4) is 0 Å². The summed E-state index contributed by atoms with van der Waals surface area (Å²) in [6.07, 6.45) is 1.97. The van der Waals surface area contributed by atoms with Gasteiger partial charge in [0, 0.05) is 18.0 Å². The molecule has 0 spiro atoms. The van der Waals surface area contributed by atoms with Crippen LogP contribution in [0.2, 0.25) is 0 Å². The summed E-state index contributed by atoms with van der Waals surface area (Å²) in [6.45, 7) is 4.84. The number of hydrogen-bond acceptors (Lipinski definition) is 5. The molecule has 8 heteroatoms. The minimum absolute atomic E-state index is 0.261. The minimum Gasteiger partial charge on any atom is -0.462 e. The topological polar surface area (TPSA) is 80.5 Å². The van der Waals surface area contributed by atoms with Crippen LogP contribution < -0.4 is 10.6 Å². The molecule has 4 aromatic rings. The number of esters is 1. The molecule has 0 aliphatic heterocycles. The van der Waals surface area contributed by atoms with Crippen molar-refractivity contribution in [3.63, 3.8) is 0 Å². The molecule has 1 aromatic heterocycles. The van der Waals surface area contributed by atoms with Crippen LogP contribution in [0.25, 0.3) is 5.69 Å². The Morgan fingerprint density at radius 2 is 1.58 bits per heavy atom. The third kappa shape index (κ3) is 7.26. The third-order valence-corrected chi connectivity index (χ3v) is 6.64. The largest absolute Gasteiger partial charge is 0.462 e. The van der Waals surface area contributed by atoms with Gasteiger partial charge in [0.1, 0.15) is 10.6 Å². The Morgan fingerprint density at radius 3 is 2.24 bits per heavy atom. The van der Waals surface area contributed by atoms with Gasteiger partial charge >= 0.3 is 5.97 Å². The number of rotatable bonds is 11. The molecule has 0 saturated carbocycles. The first-order valence-corrected chi connectivity index (χ1v) is 13.8. The fraction of sp³-hybridized carbons (Fsp3) is 0.233. The first kappa shape index (κ1) is 27.0. The summed E-state index contributed by atoms with van der Waals surface area (Å²) in [7, 11) is 0. The second-order valence-corrected chi connectivity index (χ2v) is 9.43. The Morgan fingerprint density at radius 1 is 0.921 bits per heavy atom. The second-order valence-electron chi connectivity index (χ2n) is 8.47. The zero-order chi connectivity index (χ0) is 26.6. The normalized spacial score (nSPS) is 11.3. The summed E-state index contributed by atoms with van der Waals surface area (Å²) in [6, 6.07) is 29.7. The molecule has 1 heterocycles. The maximum Gasteiger partial charge on any atom is 0.344 e. The molecular formula is C30H33N5O2S. The summed E-state index contributed by atoms with van der Waals surface area (Å²) in [5.41, 5.74) is 3.23. The molecule has 4 rings (SSSR count). The number of para-hydroxylation sites is 2. The standard InChI is InChI=1S/C30H33N5O2S/c1-3-5-21-31-30(32-24-17-11-7-12-18-24)33-27-26(29(36)37-4-2)28(38-22-23-15-9-6-10-16-23)34-35(27)25-19-13-8-14-20-25/h6-20H,3-5,21-22H2,1-2H3,(H2,31,32,33). The van der Waals surface area contributed by atoms with Crippen LogP contribution >= 0.6 is 11.8 Å². The van der Waals surface area contributed by atoms with Crippen molar-refractivity contribution in [1.29, 1.82) is 0 Å². The van der Waals surface area contributed by atoms with E-state index in [-0.39, 0.29) is 6.61 Å². The van der Waals surface area contributed by atoms with Crippen molar-refractivity contribution in [1.82, 2.24) is 9.78 Å². The minimum atomic E-state index is -0.430. The molecule has 0 aliphatic carbocycles. The molecule has 38 heavy (non-hydrogen) atoms. The molecule has 0 saturated heterocycles. The lowest BCUT2D eigenvalue weighted by Crippen LogP contribution is -2.25. The highest BCUT2D eigenvalue weighted by Gasteiger charge is 2.27. The maximum absolute atomic E-state index is 13.4. The predicted molar refractivity (Wildman–Crippen MR) is 156 cm³/mol. The van der Waals surface area contributed by atoms with Gasteiger partial charge in [-0.15, -0.1) is 0 Å². The highest BCUT2D eigenvalue weighted by molar-refractivity contribution is 7.98. The quantitative estimate of drug-likeness (QED) is 0.0717. The van der Waals surface area contributed by atoms with Crippen molar-refractivity contribution >= 4 is 35.2 Å². The number of carbonyl (C=O) groups is 1. The molecule has 0 atom stereocenters. The van der Waals surface area contributed by atoms with Gasteiger partial charge in [-0.1, -0.05) is 91.8 Å². The molecule has 0 aliphatic rings. The Balaban J connectivity index is 1.78. The van der Waals surface area contributed by atoms with Crippen molar-refractivity contribution in [3.8, 4) is 5.69 Å². The maximum atomic E-state index is 13.4. The number of aliphatic imine (C=N–C) groups is 1. The summed E-state index contributed by atoms with van der Waals surface area (Å²) >= 11 is 1.50. The molecule has 0 unspecified atom stereocenters. The summed E-state index contributed by atoms with van der Waals surface area (Å²) in [4.78, 5) is 18.1. The van der Waals surface area contributed by atoms with E-state index in [1.807, 2.05) is 78.9 Å². The number of aromatic nitrogens is 2. The Labute approximate surface area is 228 Å². The number of hydrogen-bond donors (Lipinski definition) is 2. The molecule has 196 valence electrons. The molecule has 0 fully saturated rings. The van der Waals surface area contributed by atoms with Gasteiger partial charge in [-0.05, 0) is 43.2 Å². The van der Waals surface area contributed by atoms with Crippen molar-refractivity contribution in [2.24, 2.45) is 4.99 Å². The smallest absolute Gasteiger partial charge is 0.344 e. The van der Waals surface area contributed by atoms with Gasteiger partial charge in [0.15, 0.2) is 5.82 Å². The van der Waals surface area contributed by atoms with Gasteiger partial charge in [0.2, 0.25) is 5.96 Å². The summed E-state index contributed by atoms with van der Waals surface area (Å²) in [5.74, 6) is 1.27. The van der Waals surface area contributed by atoms with E-state index in [4.69, 9.17) is 14.8 Å². The number of nitrogens with zero attached hydrogens (tertiary/aromatic N) is 3. The average molecular weight is 528 g/mol. The van der Waals surface area contributed by atoms with Crippen molar-refractivity contribution < 1.29 is 9.53 Å². The van der Waals surface area contributed by atoms with E-state index in [0.717, 1.165) is 29.8 Å². The SMILES string of the molecule is CCCCN=C(Nc1ccccc1)Nc1c(C(=O)OCC)c(SCc2ccccc2)nn1-c1ccccc1. The van der Waals surface area contributed by atoms with E-state index in [0.29, 0.717) is 34.7 Å². The zero-order valence-corrected chi connectivity index (χ0v) is 22.6. The van der Waals surface area contributed by atoms with Crippen molar-refractivity contribution in [2.45, 2.75) is 37.5 Å². The number of anilines is 2. The van der Waals surface area contributed by atoms with Gasteiger partial charge in [-0.3, -0.25) is 4.99 Å². The van der Waals surface area contributed by atoms with Crippen LogP contribution in [0.4, 0.5) is 11.5 Å². The number of unbranched alkanes of at least 4 members (excludes halogenated alkanes) is 1. The lowest BCUT2D eigenvalue weighted by atomic mass is 10.2. The number of carbonyl (C=O) groups excluding carboxylic acids is 1. The first-order chi connectivity index (χ1) is 18.7. The average Bonchev–Trinajstić information content (AvgIpc) is 3.31. The van der Waals surface area contributed by atoms with Gasteiger partial charge in [-0.2, -0.15) is 5.10 Å². The van der Waals surface area contributed by atoms with E-state index >= 15 is 0 Å². The van der Waals surface area contributed by atoms with Crippen LogP contribution in [-0.2, 0) is 10.5 Å². The second kappa shape index (κ2) is 14.0. The van der Waals surface area contributed by atoms with Crippen LogP contribution in [0.15, 0.2) is 101 Å².